The van der Waals surface area contributed by atoms with Crippen molar-refractivity contribution in [1.82, 2.24) is 9.97 Å². The Balaban J connectivity index is 0.00000128. The molecule has 0 bridgehead atoms. The Bertz CT molecular complexity index is 332. The molecule has 0 spiro atoms. The van der Waals surface area contributed by atoms with E-state index in [0.717, 1.165) is 24.4 Å². The molecular weight excluding hydrogens is 224 g/mol. The maximum Gasteiger partial charge on any atom is 0.147 e. The number of anilines is 1. The van der Waals surface area contributed by atoms with E-state index < -0.39 is 0 Å². The number of aromatic nitrogens is 2. The molecule has 2 unspecified atom stereocenters. The van der Waals surface area contributed by atoms with E-state index in [-0.39, 0.29) is 18.4 Å². The Hall–Kier alpha value is -0.870. The van der Waals surface area contributed by atoms with Gasteiger partial charge in [-0.1, -0.05) is 12.8 Å². The number of nitrogens with one attached hydrogen (secondary N) is 1. The van der Waals surface area contributed by atoms with Gasteiger partial charge in [-0.2, -0.15) is 0 Å². The fourth-order valence-corrected chi connectivity index (χ4v) is 2.06. The topological polar surface area (TPSA) is 63.8 Å². The zero-order chi connectivity index (χ0) is 10.7. The first-order chi connectivity index (χ1) is 7.27. The van der Waals surface area contributed by atoms with Gasteiger partial charge in [0.05, 0.1) is 5.69 Å². The molecule has 1 aromatic heterocycles. The van der Waals surface area contributed by atoms with Crippen molar-refractivity contribution >= 4 is 18.2 Å². The van der Waals surface area contributed by atoms with Gasteiger partial charge in [-0.05, 0) is 19.8 Å². The maximum atomic E-state index is 6.07. The lowest BCUT2D eigenvalue weighted by molar-refractivity contribution is 0.403. The van der Waals surface area contributed by atoms with Crippen molar-refractivity contribution in [3.8, 4) is 0 Å². The molecule has 1 saturated carbocycles. The molecule has 0 amide bonds. The van der Waals surface area contributed by atoms with Gasteiger partial charge in [-0.3, -0.25) is 4.98 Å². The van der Waals surface area contributed by atoms with Crippen LogP contribution in [0, 0.1) is 6.92 Å². The monoisotopic (exact) mass is 242 g/mol. The molecule has 5 heteroatoms. The zero-order valence-electron chi connectivity index (χ0n) is 9.52. The van der Waals surface area contributed by atoms with E-state index in [1.54, 1.807) is 12.4 Å². The van der Waals surface area contributed by atoms with Crippen LogP contribution in [0.1, 0.15) is 31.4 Å². The number of aryl methyl sites for hydroxylation is 1. The van der Waals surface area contributed by atoms with Crippen LogP contribution in [0.3, 0.4) is 0 Å². The Labute approximate surface area is 102 Å². The first-order valence-corrected chi connectivity index (χ1v) is 5.57. The molecule has 1 aliphatic rings. The average Bonchev–Trinajstić information content (AvgIpc) is 2.24. The highest BCUT2D eigenvalue weighted by Crippen LogP contribution is 2.20. The molecule has 1 aliphatic carbocycles. The molecule has 90 valence electrons. The van der Waals surface area contributed by atoms with Crippen molar-refractivity contribution in [3.63, 3.8) is 0 Å². The van der Waals surface area contributed by atoms with Crippen LogP contribution in [-0.4, -0.2) is 22.1 Å². The molecule has 2 rings (SSSR count). The number of nitrogens with two attached hydrogens (primary N) is 1. The van der Waals surface area contributed by atoms with Crippen molar-refractivity contribution < 1.29 is 0 Å². The van der Waals surface area contributed by atoms with Gasteiger partial charge in [0.1, 0.15) is 5.82 Å². The van der Waals surface area contributed by atoms with Crippen LogP contribution in [0.15, 0.2) is 12.4 Å². The Morgan fingerprint density at radius 2 is 1.94 bits per heavy atom. The minimum Gasteiger partial charge on any atom is -0.364 e. The van der Waals surface area contributed by atoms with Crippen molar-refractivity contribution in [2.75, 3.05) is 5.32 Å². The molecule has 3 N–H and O–H groups in total. The third kappa shape index (κ3) is 3.06. The smallest absolute Gasteiger partial charge is 0.147 e. The second kappa shape index (κ2) is 6.01. The highest BCUT2D eigenvalue weighted by molar-refractivity contribution is 5.85. The number of halogens is 1. The van der Waals surface area contributed by atoms with E-state index in [2.05, 4.69) is 15.3 Å². The van der Waals surface area contributed by atoms with Crippen LogP contribution in [0.2, 0.25) is 0 Å². The maximum absolute atomic E-state index is 6.07. The lowest BCUT2D eigenvalue weighted by Crippen LogP contribution is -2.42. The number of hydrogen-bond acceptors (Lipinski definition) is 4. The van der Waals surface area contributed by atoms with E-state index in [0.29, 0.717) is 6.04 Å². The third-order valence-corrected chi connectivity index (χ3v) is 3.02. The van der Waals surface area contributed by atoms with Crippen molar-refractivity contribution in [2.45, 2.75) is 44.7 Å². The van der Waals surface area contributed by atoms with Crippen LogP contribution in [0.4, 0.5) is 5.82 Å². The molecule has 0 radical (unpaired) electrons. The molecule has 0 aliphatic heterocycles. The molecule has 16 heavy (non-hydrogen) atoms. The summed E-state index contributed by atoms with van der Waals surface area (Å²) in [5, 5.41) is 3.40. The number of rotatable bonds is 2. The summed E-state index contributed by atoms with van der Waals surface area (Å²) in [6.07, 6.45) is 8.17. The highest BCUT2D eigenvalue weighted by Gasteiger charge is 2.22. The summed E-state index contributed by atoms with van der Waals surface area (Å²) in [5.41, 5.74) is 7.01. The largest absolute Gasteiger partial charge is 0.364 e. The molecule has 2 atom stereocenters. The van der Waals surface area contributed by atoms with Crippen LogP contribution >= 0.6 is 12.4 Å². The Morgan fingerprint density at radius 3 is 2.62 bits per heavy atom. The minimum atomic E-state index is 0. The lowest BCUT2D eigenvalue weighted by atomic mass is 9.91. The first-order valence-electron chi connectivity index (χ1n) is 5.57. The Kier molecular flexibility index (Phi) is 4.96. The second-order valence-corrected chi connectivity index (χ2v) is 4.19. The normalized spacial score (nSPS) is 24.6. The predicted octanol–water partition coefficient (Wildman–Crippen LogP) is 1.89. The van der Waals surface area contributed by atoms with Gasteiger partial charge >= 0.3 is 0 Å². The number of hydrogen-bond donors (Lipinski definition) is 2. The summed E-state index contributed by atoms with van der Waals surface area (Å²) >= 11 is 0. The predicted molar refractivity (Wildman–Crippen MR) is 67.9 cm³/mol. The summed E-state index contributed by atoms with van der Waals surface area (Å²) in [6, 6.07) is 0.606. The van der Waals surface area contributed by atoms with Gasteiger partial charge < -0.3 is 11.1 Å². The van der Waals surface area contributed by atoms with E-state index in [4.69, 9.17) is 5.73 Å². The highest BCUT2D eigenvalue weighted by atomic mass is 35.5. The van der Waals surface area contributed by atoms with E-state index >= 15 is 0 Å². The van der Waals surface area contributed by atoms with Gasteiger partial charge in [0.25, 0.3) is 0 Å². The Morgan fingerprint density at radius 1 is 1.25 bits per heavy atom. The fraction of sp³-hybridized carbons (Fsp3) is 0.636. The molecule has 4 nitrogen and oxygen atoms in total. The molecule has 1 heterocycles. The molecule has 0 aromatic carbocycles. The fourth-order valence-electron chi connectivity index (χ4n) is 2.06. The third-order valence-electron chi connectivity index (χ3n) is 3.02. The quantitative estimate of drug-likeness (QED) is 0.831. The van der Waals surface area contributed by atoms with Crippen molar-refractivity contribution in [1.29, 1.82) is 0 Å². The summed E-state index contributed by atoms with van der Waals surface area (Å²) in [4.78, 5) is 8.48. The summed E-state index contributed by atoms with van der Waals surface area (Å²) in [5.74, 6) is 0.875. The lowest BCUT2D eigenvalue weighted by Gasteiger charge is -2.29. The minimum absolute atomic E-state index is 0. The van der Waals surface area contributed by atoms with Crippen LogP contribution < -0.4 is 11.1 Å². The van der Waals surface area contributed by atoms with Crippen LogP contribution in [-0.2, 0) is 0 Å². The first kappa shape index (κ1) is 13.2. The van der Waals surface area contributed by atoms with Crippen molar-refractivity contribution in [2.24, 2.45) is 5.73 Å². The SMILES string of the molecule is Cc1nccnc1NC1CCCCC1N.Cl. The standard InChI is InChI=1S/C11H18N4.ClH/c1-8-11(14-7-6-13-8)15-10-5-3-2-4-9(10)12;/h6-7,9-10H,2-5,12H2,1H3,(H,14,15);1H. The average molecular weight is 243 g/mol. The molecule has 0 saturated heterocycles. The zero-order valence-corrected chi connectivity index (χ0v) is 10.3. The summed E-state index contributed by atoms with van der Waals surface area (Å²) in [7, 11) is 0. The van der Waals surface area contributed by atoms with E-state index in [1.807, 2.05) is 6.92 Å². The number of nitrogens with zero attached hydrogens (tertiary/aromatic N) is 2. The van der Waals surface area contributed by atoms with Crippen LogP contribution in [0.25, 0.3) is 0 Å². The van der Waals surface area contributed by atoms with Gasteiger partial charge in [0.2, 0.25) is 0 Å². The van der Waals surface area contributed by atoms with E-state index in [9.17, 15) is 0 Å². The van der Waals surface area contributed by atoms with Gasteiger partial charge in [0.15, 0.2) is 0 Å². The van der Waals surface area contributed by atoms with Gasteiger partial charge in [-0.15, -0.1) is 12.4 Å². The summed E-state index contributed by atoms with van der Waals surface area (Å²) < 4.78 is 0. The summed E-state index contributed by atoms with van der Waals surface area (Å²) in [6.45, 7) is 1.96. The second-order valence-electron chi connectivity index (χ2n) is 4.19. The van der Waals surface area contributed by atoms with Crippen molar-refractivity contribution in [3.05, 3.63) is 18.1 Å². The molecule has 1 aromatic rings. The van der Waals surface area contributed by atoms with Crippen LogP contribution in [0.5, 0.6) is 0 Å². The molecular formula is C11H19ClN4. The molecule has 1 fully saturated rings. The van der Waals surface area contributed by atoms with Gasteiger partial charge in [0, 0.05) is 24.5 Å². The van der Waals surface area contributed by atoms with Gasteiger partial charge in [-0.25, -0.2) is 4.98 Å². The van der Waals surface area contributed by atoms with E-state index in [1.165, 1.54) is 12.8 Å².